The van der Waals surface area contributed by atoms with Gasteiger partial charge in [0.25, 0.3) is 0 Å². The summed E-state index contributed by atoms with van der Waals surface area (Å²) in [5, 5.41) is 3.61. The smallest absolute Gasteiger partial charge is 0.0270 e. The molecule has 1 atom stereocenters. The van der Waals surface area contributed by atoms with Gasteiger partial charge in [0.2, 0.25) is 0 Å². The van der Waals surface area contributed by atoms with Gasteiger partial charge < -0.3 is 10.2 Å². The van der Waals surface area contributed by atoms with E-state index in [4.69, 9.17) is 0 Å². The Balaban J connectivity index is 1.78. The second kappa shape index (κ2) is 8.28. The molecule has 3 heteroatoms. The Morgan fingerprint density at radius 3 is 2.84 bits per heavy atom. The van der Waals surface area contributed by atoms with Crippen molar-refractivity contribution in [3.8, 4) is 0 Å². The monoisotopic (exact) mass is 261 g/mol. The summed E-state index contributed by atoms with van der Waals surface area (Å²) in [6, 6.07) is 4.98. The Hall–Kier alpha value is -0.930. The molecule has 0 bridgehead atoms. The molecule has 0 radical (unpaired) electrons. The highest BCUT2D eigenvalue weighted by molar-refractivity contribution is 5.09. The van der Waals surface area contributed by atoms with Crippen LogP contribution in [-0.2, 0) is 6.42 Å². The molecule has 0 spiro atoms. The quantitative estimate of drug-likeness (QED) is 0.779. The first-order valence-electron chi connectivity index (χ1n) is 7.73. The van der Waals surface area contributed by atoms with Gasteiger partial charge in [0.05, 0.1) is 0 Å². The Morgan fingerprint density at radius 1 is 1.32 bits per heavy atom. The summed E-state index contributed by atoms with van der Waals surface area (Å²) in [6.07, 6.45) is 10.2. The molecule has 1 aliphatic heterocycles. The maximum Gasteiger partial charge on any atom is 0.0270 e. The Labute approximate surface area is 117 Å². The van der Waals surface area contributed by atoms with Crippen LogP contribution in [0.5, 0.6) is 0 Å². The molecular weight excluding hydrogens is 234 g/mol. The summed E-state index contributed by atoms with van der Waals surface area (Å²) in [6.45, 7) is 7.10. The van der Waals surface area contributed by atoms with Crippen molar-refractivity contribution in [3.05, 3.63) is 30.1 Å². The molecule has 106 valence electrons. The van der Waals surface area contributed by atoms with Crippen molar-refractivity contribution in [2.45, 2.75) is 45.1 Å². The van der Waals surface area contributed by atoms with Crippen LogP contribution >= 0.6 is 0 Å². The third-order valence-corrected chi connectivity index (χ3v) is 3.93. The molecule has 1 aromatic heterocycles. The second-order valence-corrected chi connectivity index (χ2v) is 5.55. The first kappa shape index (κ1) is 14.5. The predicted octanol–water partition coefficient (Wildman–Crippen LogP) is 2.48. The van der Waals surface area contributed by atoms with Crippen LogP contribution < -0.4 is 5.32 Å². The second-order valence-electron chi connectivity index (χ2n) is 5.55. The molecule has 1 aliphatic rings. The van der Waals surface area contributed by atoms with Gasteiger partial charge in [-0.2, -0.15) is 0 Å². The normalized spacial score (nSPS) is 19.2. The lowest BCUT2D eigenvalue weighted by molar-refractivity contribution is 0.248. The van der Waals surface area contributed by atoms with Gasteiger partial charge in [0.1, 0.15) is 0 Å². The van der Waals surface area contributed by atoms with Crippen LogP contribution in [0.15, 0.2) is 24.5 Å². The van der Waals surface area contributed by atoms with Gasteiger partial charge in [0.15, 0.2) is 0 Å². The van der Waals surface area contributed by atoms with Crippen molar-refractivity contribution in [1.29, 1.82) is 0 Å². The molecule has 1 fully saturated rings. The van der Waals surface area contributed by atoms with E-state index in [1.807, 2.05) is 12.4 Å². The fourth-order valence-corrected chi connectivity index (χ4v) is 2.74. The third-order valence-electron chi connectivity index (χ3n) is 3.93. The molecule has 0 aliphatic carbocycles. The zero-order valence-electron chi connectivity index (χ0n) is 12.1. The standard InChI is InChI=1S/C16H27N3/c1-2-3-12-19(14-16-5-4-9-18-16)13-8-15-6-10-17-11-7-15/h6-7,10-11,16,18H,2-5,8-9,12-14H2,1H3. The van der Waals surface area contributed by atoms with Crippen molar-refractivity contribution in [3.63, 3.8) is 0 Å². The van der Waals surface area contributed by atoms with E-state index in [-0.39, 0.29) is 0 Å². The molecule has 0 amide bonds. The van der Waals surface area contributed by atoms with Gasteiger partial charge in [-0.25, -0.2) is 0 Å². The molecule has 1 aromatic rings. The van der Waals surface area contributed by atoms with Crippen LogP contribution in [0.2, 0.25) is 0 Å². The van der Waals surface area contributed by atoms with Crippen LogP contribution in [0.4, 0.5) is 0 Å². The minimum absolute atomic E-state index is 0.717. The van der Waals surface area contributed by atoms with Crippen molar-refractivity contribution < 1.29 is 0 Å². The summed E-state index contributed by atoms with van der Waals surface area (Å²) >= 11 is 0. The maximum absolute atomic E-state index is 4.08. The Kier molecular flexibility index (Phi) is 6.31. The molecule has 0 saturated carbocycles. The van der Waals surface area contributed by atoms with Crippen LogP contribution in [0.25, 0.3) is 0 Å². The van der Waals surface area contributed by atoms with E-state index in [9.17, 15) is 0 Å². The highest BCUT2D eigenvalue weighted by atomic mass is 15.1. The van der Waals surface area contributed by atoms with Gasteiger partial charge in [-0.05, 0) is 56.5 Å². The van der Waals surface area contributed by atoms with Crippen LogP contribution in [-0.4, -0.2) is 42.1 Å². The van der Waals surface area contributed by atoms with Crippen LogP contribution in [0.3, 0.4) is 0 Å². The average molecular weight is 261 g/mol. The molecule has 1 unspecified atom stereocenters. The minimum Gasteiger partial charge on any atom is -0.313 e. The molecule has 0 aromatic carbocycles. The molecule has 3 nitrogen and oxygen atoms in total. The molecule has 1 saturated heterocycles. The number of rotatable bonds is 8. The van der Waals surface area contributed by atoms with Crippen molar-refractivity contribution in [2.24, 2.45) is 0 Å². The third kappa shape index (κ3) is 5.29. The Bertz CT molecular complexity index is 333. The summed E-state index contributed by atoms with van der Waals surface area (Å²) in [4.78, 5) is 6.71. The van der Waals surface area contributed by atoms with Gasteiger partial charge >= 0.3 is 0 Å². The topological polar surface area (TPSA) is 28.2 Å². The number of pyridine rings is 1. The number of unbranched alkanes of at least 4 members (excludes halogenated alkanes) is 1. The molecule has 19 heavy (non-hydrogen) atoms. The Morgan fingerprint density at radius 2 is 2.16 bits per heavy atom. The van der Waals surface area contributed by atoms with Crippen molar-refractivity contribution >= 4 is 0 Å². The highest BCUT2D eigenvalue weighted by Crippen LogP contribution is 2.09. The zero-order valence-corrected chi connectivity index (χ0v) is 12.1. The summed E-state index contributed by atoms with van der Waals surface area (Å²) in [5.41, 5.74) is 1.40. The summed E-state index contributed by atoms with van der Waals surface area (Å²) < 4.78 is 0. The number of nitrogens with one attached hydrogen (secondary N) is 1. The predicted molar refractivity (Wildman–Crippen MR) is 80.3 cm³/mol. The number of nitrogens with zero attached hydrogens (tertiary/aromatic N) is 2. The van der Waals surface area contributed by atoms with E-state index in [1.165, 1.54) is 57.4 Å². The zero-order chi connectivity index (χ0) is 13.3. The number of aromatic nitrogens is 1. The SMILES string of the molecule is CCCCN(CCc1ccncc1)CC1CCCN1. The number of hydrogen-bond donors (Lipinski definition) is 1. The highest BCUT2D eigenvalue weighted by Gasteiger charge is 2.17. The largest absolute Gasteiger partial charge is 0.313 e. The van der Waals surface area contributed by atoms with Gasteiger partial charge in [-0.3, -0.25) is 4.98 Å². The molecule has 1 N–H and O–H groups in total. The van der Waals surface area contributed by atoms with Gasteiger partial charge in [0, 0.05) is 31.5 Å². The van der Waals surface area contributed by atoms with E-state index < -0.39 is 0 Å². The van der Waals surface area contributed by atoms with Crippen LogP contribution in [0.1, 0.15) is 38.2 Å². The maximum atomic E-state index is 4.08. The fraction of sp³-hybridized carbons (Fsp3) is 0.688. The molecular formula is C16H27N3. The first-order chi connectivity index (χ1) is 9.38. The fourth-order valence-electron chi connectivity index (χ4n) is 2.74. The summed E-state index contributed by atoms with van der Waals surface area (Å²) in [7, 11) is 0. The lowest BCUT2D eigenvalue weighted by atomic mass is 10.1. The van der Waals surface area contributed by atoms with E-state index in [2.05, 4.69) is 34.3 Å². The van der Waals surface area contributed by atoms with Crippen molar-refractivity contribution in [1.82, 2.24) is 15.2 Å². The summed E-state index contributed by atoms with van der Waals surface area (Å²) in [5.74, 6) is 0. The molecule has 2 rings (SSSR count). The number of hydrogen-bond acceptors (Lipinski definition) is 3. The van der Waals surface area contributed by atoms with E-state index in [0.717, 1.165) is 6.42 Å². The van der Waals surface area contributed by atoms with E-state index in [0.29, 0.717) is 6.04 Å². The lowest BCUT2D eigenvalue weighted by Gasteiger charge is -2.25. The lowest BCUT2D eigenvalue weighted by Crippen LogP contribution is -2.39. The van der Waals surface area contributed by atoms with Gasteiger partial charge in [-0.15, -0.1) is 0 Å². The average Bonchev–Trinajstić information content (AvgIpc) is 2.96. The van der Waals surface area contributed by atoms with E-state index in [1.54, 1.807) is 0 Å². The first-order valence-corrected chi connectivity index (χ1v) is 7.73. The molecule has 2 heterocycles. The van der Waals surface area contributed by atoms with Crippen molar-refractivity contribution in [2.75, 3.05) is 26.2 Å². The minimum atomic E-state index is 0.717. The van der Waals surface area contributed by atoms with E-state index >= 15 is 0 Å². The van der Waals surface area contributed by atoms with Crippen LogP contribution in [0, 0.1) is 0 Å². The van der Waals surface area contributed by atoms with Gasteiger partial charge in [-0.1, -0.05) is 13.3 Å².